The fourth-order valence-electron chi connectivity index (χ4n) is 1.12. The molecule has 0 radical (unpaired) electrons. The van der Waals surface area contributed by atoms with E-state index in [0.29, 0.717) is 17.2 Å². The standard InChI is InChI=1S/C10H15NO2S/c11-9-3-1-2-8(6-9)10(13)7-14-5-4-12/h1-3,6,10,12-13H,4-5,7,11H2. The first-order chi connectivity index (χ1) is 6.74. The van der Waals surface area contributed by atoms with Crippen molar-refractivity contribution in [2.75, 3.05) is 23.8 Å². The second-order valence-electron chi connectivity index (χ2n) is 2.98. The summed E-state index contributed by atoms with van der Waals surface area (Å²) in [7, 11) is 0. The number of hydrogen-bond acceptors (Lipinski definition) is 4. The molecule has 1 unspecified atom stereocenters. The van der Waals surface area contributed by atoms with Crippen LogP contribution in [0.4, 0.5) is 5.69 Å². The van der Waals surface area contributed by atoms with Gasteiger partial charge in [-0.15, -0.1) is 0 Å². The molecule has 0 aromatic heterocycles. The van der Waals surface area contributed by atoms with Crippen molar-refractivity contribution in [3.05, 3.63) is 29.8 Å². The normalized spacial score (nSPS) is 12.7. The molecular weight excluding hydrogens is 198 g/mol. The van der Waals surface area contributed by atoms with E-state index in [-0.39, 0.29) is 6.61 Å². The monoisotopic (exact) mass is 213 g/mol. The molecule has 1 rings (SSSR count). The van der Waals surface area contributed by atoms with Crippen LogP contribution < -0.4 is 5.73 Å². The topological polar surface area (TPSA) is 66.5 Å². The predicted molar refractivity (Wildman–Crippen MR) is 60.2 cm³/mol. The molecule has 4 heteroatoms. The third-order valence-electron chi connectivity index (χ3n) is 1.81. The van der Waals surface area contributed by atoms with Gasteiger partial charge in [0.2, 0.25) is 0 Å². The predicted octanol–water partition coefficient (Wildman–Crippen LogP) is 1.03. The highest BCUT2D eigenvalue weighted by Crippen LogP contribution is 2.19. The van der Waals surface area contributed by atoms with Gasteiger partial charge in [-0.05, 0) is 17.7 Å². The maximum absolute atomic E-state index is 9.71. The summed E-state index contributed by atoms with van der Waals surface area (Å²) in [6.45, 7) is 0.147. The number of nitrogen functional groups attached to an aromatic ring is 1. The van der Waals surface area contributed by atoms with Gasteiger partial charge in [-0.2, -0.15) is 11.8 Å². The maximum atomic E-state index is 9.71. The number of anilines is 1. The van der Waals surface area contributed by atoms with Gasteiger partial charge in [-0.3, -0.25) is 0 Å². The molecule has 0 aliphatic carbocycles. The first kappa shape index (κ1) is 11.4. The molecule has 0 fully saturated rings. The molecule has 0 bridgehead atoms. The Morgan fingerprint density at radius 1 is 1.43 bits per heavy atom. The fraction of sp³-hybridized carbons (Fsp3) is 0.400. The van der Waals surface area contributed by atoms with Crippen LogP contribution in [0.1, 0.15) is 11.7 Å². The van der Waals surface area contributed by atoms with Crippen molar-refractivity contribution in [3.8, 4) is 0 Å². The van der Waals surface area contributed by atoms with E-state index in [1.165, 1.54) is 11.8 Å². The average Bonchev–Trinajstić information content (AvgIpc) is 2.18. The second-order valence-corrected chi connectivity index (χ2v) is 4.13. The average molecular weight is 213 g/mol. The summed E-state index contributed by atoms with van der Waals surface area (Å²) in [5.41, 5.74) is 7.08. The van der Waals surface area contributed by atoms with E-state index in [1.54, 1.807) is 12.1 Å². The molecule has 0 saturated carbocycles. The van der Waals surface area contributed by atoms with Crippen molar-refractivity contribution >= 4 is 17.4 Å². The first-order valence-electron chi connectivity index (χ1n) is 4.46. The van der Waals surface area contributed by atoms with Gasteiger partial charge in [-0.1, -0.05) is 12.1 Å². The quantitative estimate of drug-likeness (QED) is 0.505. The Bertz CT molecular complexity index is 281. The Hall–Kier alpha value is -0.710. The Morgan fingerprint density at radius 3 is 2.86 bits per heavy atom. The van der Waals surface area contributed by atoms with Crippen molar-refractivity contribution in [1.82, 2.24) is 0 Å². The minimum absolute atomic E-state index is 0.147. The summed E-state index contributed by atoms with van der Waals surface area (Å²) in [4.78, 5) is 0. The summed E-state index contributed by atoms with van der Waals surface area (Å²) < 4.78 is 0. The molecule has 0 amide bonds. The molecule has 1 aromatic rings. The highest BCUT2D eigenvalue weighted by atomic mass is 32.2. The summed E-state index contributed by atoms with van der Waals surface area (Å²) in [6, 6.07) is 7.23. The summed E-state index contributed by atoms with van der Waals surface area (Å²) in [6.07, 6.45) is -0.505. The molecule has 4 N–H and O–H groups in total. The molecule has 0 aliphatic rings. The van der Waals surface area contributed by atoms with Crippen LogP contribution in [-0.4, -0.2) is 28.3 Å². The van der Waals surface area contributed by atoms with E-state index in [9.17, 15) is 5.11 Å². The summed E-state index contributed by atoms with van der Waals surface area (Å²) in [5, 5.41) is 18.3. The zero-order chi connectivity index (χ0) is 10.4. The number of hydrogen-bond donors (Lipinski definition) is 3. The molecule has 3 nitrogen and oxygen atoms in total. The Kier molecular flexibility index (Phi) is 4.79. The minimum atomic E-state index is -0.505. The van der Waals surface area contributed by atoms with Crippen LogP contribution in [0.3, 0.4) is 0 Å². The number of aliphatic hydroxyl groups excluding tert-OH is 2. The van der Waals surface area contributed by atoms with Gasteiger partial charge in [-0.25, -0.2) is 0 Å². The maximum Gasteiger partial charge on any atom is 0.0881 e. The van der Waals surface area contributed by atoms with E-state index in [0.717, 1.165) is 5.56 Å². The molecule has 0 spiro atoms. The third-order valence-corrected chi connectivity index (χ3v) is 2.83. The van der Waals surface area contributed by atoms with E-state index in [1.807, 2.05) is 12.1 Å². The smallest absolute Gasteiger partial charge is 0.0881 e. The summed E-state index contributed by atoms with van der Waals surface area (Å²) >= 11 is 1.52. The van der Waals surface area contributed by atoms with E-state index in [4.69, 9.17) is 10.8 Å². The van der Waals surface area contributed by atoms with Gasteiger partial charge in [0.25, 0.3) is 0 Å². The van der Waals surface area contributed by atoms with Crippen LogP contribution in [0.15, 0.2) is 24.3 Å². The van der Waals surface area contributed by atoms with Gasteiger partial charge in [0.15, 0.2) is 0 Å². The van der Waals surface area contributed by atoms with Crippen LogP contribution in [-0.2, 0) is 0 Å². The number of nitrogens with two attached hydrogens (primary N) is 1. The molecule has 0 aliphatic heterocycles. The molecule has 14 heavy (non-hydrogen) atoms. The molecule has 0 heterocycles. The second kappa shape index (κ2) is 5.90. The molecule has 1 atom stereocenters. The van der Waals surface area contributed by atoms with Gasteiger partial charge < -0.3 is 15.9 Å². The molecular formula is C10H15NO2S. The lowest BCUT2D eigenvalue weighted by Gasteiger charge is -2.10. The molecule has 1 aromatic carbocycles. The Labute approximate surface area is 87.9 Å². The number of aliphatic hydroxyl groups is 2. The lowest BCUT2D eigenvalue weighted by molar-refractivity contribution is 0.204. The van der Waals surface area contributed by atoms with E-state index in [2.05, 4.69) is 0 Å². The van der Waals surface area contributed by atoms with Gasteiger partial charge in [0.05, 0.1) is 12.7 Å². The van der Waals surface area contributed by atoms with Gasteiger partial charge in [0, 0.05) is 17.2 Å². The molecule has 78 valence electrons. The van der Waals surface area contributed by atoms with Crippen molar-refractivity contribution in [2.24, 2.45) is 0 Å². The first-order valence-corrected chi connectivity index (χ1v) is 5.61. The van der Waals surface area contributed by atoms with E-state index >= 15 is 0 Å². The minimum Gasteiger partial charge on any atom is -0.399 e. The molecule has 0 saturated heterocycles. The van der Waals surface area contributed by atoms with Crippen LogP contribution >= 0.6 is 11.8 Å². The Balaban J connectivity index is 2.47. The zero-order valence-electron chi connectivity index (χ0n) is 7.89. The largest absolute Gasteiger partial charge is 0.399 e. The summed E-state index contributed by atoms with van der Waals surface area (Å²) in [5.74, 6) is 1.24. The van der Waals surface area contributed by atoms with Gasteiger partial charge in [0.1, 0.15) is 0 Å². The van der Waals surface area contributed by atoms with Crippen LogP contribution in [0.25, 0.3) is 0 Å². The lowest BCUT2D eigenvalue weighted by Crippen LogP contribution is -2.02. The fourth-order valence-corrected chi connectivity index (χ4v) is 1.83. The highest BCUT2D eigenvalue weighted by molar-refractivity contribution is 7.99. The Morgan fingerprint density at radius 2 is 2.21 bits per heavy atom. The number of thioether (sulfide) groups is 1. The number of rotatable bonds is 5. The van der Waals surface area contributed by atoms with Crippen LogP contribution in [0, 0.1) is 0 Å². The zero-order valence-corrected chi connectivity index (χ0v) is 8.70. The van der Waals surface area contributed by atoms with E-state index < -0.39 is 6.10 Å². The highest BCUT2D eigenvalue weighted by Gasteiger charge is 2.06. The van der Waals surface area contributed by atoms with Crippen molar-refractivity contribution in [2.45, 2.75) is 6.10 Å². The SMILES string of the molecule is Nc1cccc(C(O)CSCCO)c1. The van der Waals surface area contributed by atoms with Crippen molar-refractivity contribution in [1.29, 1.82) is 0 Å². The van der Waals surface area contributed by atoms with Gasteiger partial charge >= 0.3 is 0 Å². The number of benzene rings is 1. The van der Waals surface area contributed by atoms with Crippen LogP contribution in [0.2, 0.25) is 0 Å². The third kappa shape index (κ3) is 3.57. The lowest BCUT2D eigenvalue weighted by atomic mass is 10.1. The van der Waals surface area contributed by atoms with Crippen molar-refractivity contribution < 1.29 is 10.2 Å². The van der Waals surface area contributed by atoms with Crippen LogP contribution in [0.5, 0.6) is 0 Å². The van der Waals surface area contributed by atoms with Crippen molar-refractivity contribution in [3.63, 3.8) is 0 Å².